The first-order valence-electron chi connectivity index (χ1n) is 6.47. The summed E-state index contributed by atoms with van der Waals surface area (Å²) in [7, 11) is 1.40. The predicted octanol–water partition coefficient (Wildman–Crippen LogP) is 1.15. The van der Waals surface area contributed by atoms with Crippen LogP contribution in [-0.4, -0.2) is 54.8 Å². The first-order valence-corrected chi connectivity index (χ1v) is 6.47. The number of carbonyl (C=O) groups excluding carboxylic acids is 1. The van der Waals surface area contributed by atoms with Crippen LogP contribution in [0.15, 0.2) is 18.2 Å². The van der Waals surface area contributed by atoms with Gasteiger partial charge in [-0.3, -0.25) is 9.59 Å². The molecule has 1 atom stereocenters. The fourth-order valence-corrected chi connectivity index (χ4v) is 2.24. The number of morpholine rings is 1. The van der Waals surface area contributed by atoms with Crippen molar-refractivity contribution < 1.29 is 28.6 Å². The summed E-state index contributed by atoms with van der Waals surface area (Å²) >= 11 is 0. The molecule has 1 N–H and O–H groups in total. The Morgan fingerprint density at radius 1 is 1.52 bits per heavy atom. The molecule has 0 aliphatic carbocycles. The van der Waals surface area contributed by atoms with E-state index < -0.39 is 23.8 Å². The zero-order valence-electron chi connectivity index (χ0n) is 11.5. The predicted molar refractivity (Wildman–Crippen MR) is 70.8 cm³/mol. The number of benzene rings is 1. The van der Waals surface area contributed by atoms with Gasteiger partial charge in [0.05, 0.1) is 31.8 Å². The SMILES string of the molecule is COc1ccc(F)cc1C(=O)N1CCO[C@@H](CC(=O)O)C1. The number of hydrogen-bond acceptors (Lipinski definition) is 4. The maximum absolute atomic E-state index is 13.3. The summed E-state index contributed by atoms with van der Waals surface area (Å²) in [6.45, 7) is 0.737. The van der Waals surface area contributed by atoms with E-state index in [0.717, 1.165) is 6.07 Å². The van der Waals surface area contributed by atoms with E-state index in [2.05, 4.69) is 0 Å². The molecular formula is C14H16FNO5. The highest BCUT2D eigenvalue weighted by Crippen LogP contribution is 2.22. The molecule has 1 fully saturated rings. The lowest BCUT2D eigenvalue weighted by Crippen LogP contribution is -2.46. The lowest BCUT2D eigenvalue weighted by atomic mass is 10.1. The van der Waals surface area contributed by atoms with Gasteiger partial charge in [-0.05, 0) is 18.2 Å². The van der Waals surface area contributed by atoms with Gasteiger partial charge in [-0.25, -0.2) is 4.39 Å². The molecule has 1 aromatic rings. The van der Waals surface area contributed by atoms with Crippen LogP contribution >= 0.6 is 0 Å². The number of amides is 1. The number of ether oxygens (including phenoxy) is 2. The average molecular weight is 297 g/mol. The summed E-state index contributed by atoms with van der Waals surface area (Å²) in [4.78, 5) is 24.6. The number of rotatable bonds is 4. The Balaban J connectivity index is 2.15. The van der Waals surface area contributed by atoms with Crippen LogP contribution in [0, 0.1) is 5.82 Å². The van der Waals surface area contributed by atoms with Crippen LogP contribution in [0.3, 0.4) is 0 Å². The van der Waals surface area contributed by atoms with Crippen molar-refractivity contribution in [3.8, 4) is 5.75 Å². The number of hydrogen-bond donors (Lipinski definition) is 1. The molecular weight excluding hydrogens is 281 g/mol. The topological polar surface area (TPSA) is 76.1 Å². The largest absolute Gasteiger partial charge is 0.496 e. The van der Waals surface area contributed by atoms with Crippen LogP contribution in [0.25, 0.3) is 0 Å². The molecule has 0 bridgehead atoms. The van der Waals surface area contributed by atoms with Crippen molar-refractivity contribution in [2.75, 3.05) is 26.8 Å². The molecule has 114 valence electrons. The molecule has 6 nitrogen and oxygen atoms in total. The smallest absolute Gasteiger partial charge is 0.306 e. The molecule has 0 spiro atoms. The Morgan fingerprint density at radius 3 is 2.95 bits per heavy atom. The van der Waals surface area contributed by atoms with Crippen LogP contribution in [0.4, 0.5) is 4.39 Å². The van der Waals surface area contributed by atoms with Crippen molar-refractivity contribution in [3.63, 3.8) is 0 Å². The number of carboxylic acid groups (broad SMARTS) is 1. The second-order valence-corrected chi connectivity index (χ2v) is 4.69. The second-order valence-electron chi connectivity index (χ2n) is 4.69. The van der Waals surface area contributed by atoms with Crippen LogP contribution < -0.4 is 4.74 Å². The van der Waals surface area contributed by atoms with Gasteiger partial charge in [0.15, 0.2) is 0 Å². The van der Waals surface area contributed by atoms with Crippen LogP contribution in [-0.2, 0) is 9.53 Å². The van der Waals surface area contributed by atoms with Gasteiger partial charge in [0.2, 0.25) is 0 Å². The molecule has 2 rings (SSSR count). The first-order chi connectivity index (χ1) is 10.0. The summed E-state index contributed by atoms with van der Waals surface area (Å²) in [6.07, 6.45) is -0.732. The number of aliphatic carboxylic acids is 1. The average Bonchev–Trinajstić information content (AvgIpc) is 2.46. The van der Waals surface area contributed by atoms with Crippen LogP contribution in [0.5, 0.6) is 5.75 Å². The molecule has 1 aromatic carbocycles. The van der Waals surface area contributed by atoms with E-state index in [1.807, 2.05) is 0 Å². The van der Waals surface area contributed by atoms with Gasteiger partial charge >= 0.3 is 5.97 Å². The van der Waals surface area contributed by atoms with Gasteiger partial charge in [0.1, 0.15) is 11.6 Å². The van der Waals surface area contributed by atoms with Crippen LogP contribution in [0.2, 0.25) is 0 Å². The molecule has 0 saturated carbocycles. The maximum atomic E-state index is 13.3. The Kier molecular flexibility index (Phi) is 4.74. The van der Waals surface area contributed by atoms with Gasteiger partial charge in [-0.2, -0.15) is 0 Å². The monoisotopic (exact) mass is 297 g/mol. The van der Waals surface area contributed by atoms with Crippen molar-refractivity contribution in [2.24, 2.45) is 0 Å². The summed E-state index contributed by atoms with van der Waals surface area (Å²) in [5.74, 6) is -1.64. The maximum Gasteiger partial charge on any atom is 0.306 e. The quantitative estimate of drug-likeness (QED) is 0.902. The van der Waals surface area contributed by atoms with E-state index in [1.165, 1.54) is 24.1 Å². The van der Waals surface area contributed by atoms with Crippen molar-refractivity contribution >= 4 is 11.9 Å². The molecule has 1 heterocycles. The molecule has 0 radical (unpaired) electrons. The highest BCUT2D eigenvalue weighted by atomic mass is 19.1. The van der Waals surface area contributed by atoms with Crippen molar-refractivity contribution in [1.29, 1.82) is 0 Å². The molecule has 1 saturated heterocycles. The third-order valence-electron chi connectivity index (χ3n) is 3.22. The Bertz CT molecular complexity index is 548. The summed E-state index contributed by atoms with van der Waals surface area (Å²) in [5, 5.41) is 8.77. The van der Waals surface area contributed by atoms with E-state index in [9.17, 15) is 14.0 Å². The third-order valence-corrected chi connectivity index (χ3v) is 3.22. The highest BCUT2D eigenvalue weighted by molar-refractivity contribution is 5.97. The fourth-order valence-electron chi connectivity index (χ4n) is 2.24. The standard InChI is InChI=1S/C14H16FNO5/c1-20-12-3-2-9(15)6-11(12)14(19)16-4-5-21-10(8-16)7-13(17)18/h2-3,6,10H,4-5,7-8H2,1H3,(H,17,18)/t10-/m0/s1. The van der Waals surface area contributed by atoms with Gasteiger partial charge in [-0.1, -0.05) is 0 Å². The molecule has 0 unspecified atom stereocenters. The fraction of sp³-hybridized carbons (Fsp3) is 0.429. The molecule has 1 aliphatic heterocycles. The number of carbonyl (C=O) groups is 2. The Morgan fingerprint density at radius 2 is 2.29 bits per heavy atom. The number of nitrogens with zero attached hydrogens (tertiary/aromatic N) is 1. The van der Waals surface area contributed by atoms with E-state index >= 15 is 0 Å². The van der Waals surface area contributed by atoms with E-state index in [-0.39, 0.29) is 30.9 Å². The number of methoxy groups -OCH3 is 1. The Hall–Kier alpha value is -2.15. The zero-order valence-corrected chi connectivity index (χ0v) is 11.5. The van der Waals surface area contributed by atoms with Gasteiger partial charge in [0.25, 0.3) is 5.91 Å². The normalized spacial score (nSPS) is 18.4. The van der Waals surface area contributed by atoms with Gasteiger partial charge in [0, 0.05) is 13.1 Å². The van der Waals surface area contributed by atoms with E-state index in [1.54, 1.807) is 0 Å². The van der Waals surface area contributed by atoms with E-state index in [4.69, 9.17) is 14.6 Å². The summed E-state index contributed by atoms with van der Waals surface area (Å²) in [6, 6.07) is 3.71. The third kappa shape index (κ3) is 3.69. The highest BCUT2D eigenvalue weighted by Gasteiger charge is 2.28. The first kappa shape index (κ1) is 15.2. The summed E-state index contributed by atoms with van der Waals surface area (Å²) < 4.78 is 23.7. The summed E-state index contributed by atoms with van der Waals surface area (Å²) in [5.41, 5.74) is 0.119. The lowest BCUT2D eigenvalue weighted by molar-refractivity contribution is -0.141. The zero-order chi connectivity index (χ0) is 15.4. The molecule has 7 heteroatoms. The molecule has 21 heavy (non-hydrogen) atoms. The van der Waals surface area contributed by atoms with Crippen molar-refractivity contribution in [2.45, 2.75) is 12.5 Å². The van der Waals surface area contributed by atoms with E-state index in [0.29, 0.717) is 6.54 Å². The molecule has 0 aromatic heterocycles. The second kappa shape index (κ2) is 6.53. The Labute approximate surface area is 121 Å². The minimum Gasteiger partial charge on any atom is -0.496 e. The number of carboxylic acids is 1. The van der Waals surface area contributed by atoms with Gasteiger partial charge in [-0.15, -0.1) is 0 Å². The van der Waals surface area contributed by atoms with Crippen LogP contribution in [0.1, 0.15) is 16.8 Å². The number of halogens is 1. The lowest BCUT2D eigenvalue weighted by Gasteiger charge is -2.32. The van der Waals surface area contributed by atoms with Crippen molar-refractivity contribution in [3.05, 3.63) is 29.6 Å². The minimum absolute atomic E-state index is 0.119. The van der Waals surface area contributed by atoms with Crippen molar-refractivity contribution in [1.82, 2.24) is 4.90 Å². The molecule has 1 aliphatic rings. The van der Waals surface area contributed by atoms with Gasteiger partial charge < -0.3 is 19.5 Å². The minimum atomic E-state index is -0.988. The molecule has 1 amide bonds.